The molecule has 1 rings (SSSR count). The number of carbonyl (C=O) groups is 2. The van der Waals surface area contributed by atoms with E-state index in [1.54, 1.807) is 0 Å². The van der Waals surface area contributed by atoms with Crippen molar-refractivity contribution in [1.82, 2.24) is 9.80 Å². The molecular formula is C12H16F6N2O2. The lowest BCUT2D eigenvalue weighted by molar-refractivity contribution is -0.294. The van der Waals surface area contributed by atoms with Gasteiger partial charge in [-0.3, -0.25) is 9.69 Å². The molecule has 0 spiro atoms. The van der Waals surface area contributed by atoms with Crippen molar-refractivity contribution in [3.05, 3.63) is 0 Å². The number of nitrogens with zero attached hydrogens (tertiary/aromatic N) is 2. The zero-order chi connectivity index (χ0) is 17.6. The minimum Gasteiger partial charge on any atom is -0.309 e. The number of halogens is 6. The van der Waals surface area contributed by atoms with Crippen molar-refractivity contribution in [3.63, 3.8) is 0 Å². The van der Waals surface area contributed by atoms with Crippen molar-refractivity contribution in [3.8, 4) is 0 Å². The molecule has 0 aromatic carbocycles. The van der Waals surface area contributed by atoms with Crippen LogP contribution in [-0.2, 0) is 4.79 Å². The maximum absolute atomic E-state index is 12.9. The molecule has 1 aliphatic heterocycles. The zero-order valence-electron chi connectivity index (χ0n) is 12.3. The molecule has 1 atom stereocenters. The molecule has 0 aromatic heterocycles. The molecule has 3 amide bonds. The number of imide groups is 1. The van der Waals surface area contributed by atoms with Gasteiger partial charge in [0.2, 0.25) is 0 Å². The Bertz CT molecular complexity index is 444. The van der Waals surface area contributed by atoms with Crippen LogP contribution in [0.25, 0.3) is 0 Å². The summed E-state index contributed by atoms with van der Waals surface area (Å²) in [6, 6.07) is -5.60. The summed E-state index contributed by atoms with van der Waals surface area (Å²) in [6.07, 6.45) is -11.4. The van der Waals surface area contributed by atoms with E-state index < -0.39 is 48.3 Å². The van der Waals surface area contributed by atoms with Crippen LogP contribution in [0, 0.1) is 5.92 Å². The second-order valence-corrected chi connectivity index (χ2v) is 5.59. The third-order valence-electron chi connectivity index (χ3n) is 3.31. The van der Waals surface area contributed by atoms with Gasteiger partial charge in [0.15, 0.2) is 5.92 Å². The van der Waals surface area contributed by atoms with Gasteiger partial charge in [0.1, 0.15) is 6.04 Å². The van der Waals surface area contributed by atoms with Crippen molar-refractivity contribution >= 4 is 11.9 Å². The number of urea groups is 1. The van der Waals surface area contributed by atoms with Crippen molar-refractivity contribution in [2.75, 3.05) is 0 Å². The summed E-state index contributed by atoms with van der Waals surface area (Å²) in [6.45, 7) is 5.19. The Labute approximate surface area is 123 Å². The lowest BCUT2D eigenvalue weighted by Gasteiger charge is -2.33. The van der Waals surface area contributed by atoms with E-state index in [2.05, 4.69) is 0 Å². The Morgan fingerprint density at radius 2 is 1.27 bits per heavy atom. The van der Waals surface area contributed by atoms with Crippen molar-refractivity contribution in [1.29, 1.82) is 0 Å². The van der Waals surface area contributed by atoms with Crippen LogP contribution in [-0.4, -0.2) is 52.2 Å². The van der Waals surface area contributed by atoms with E-state index in [0.717, 1.165) is 0 Å². The van der Waals surface area contributed by atoms with Crippen molar-refractivity contribution in [2.45, 2.75) is 58.2 Å². The minimum absolute atomic E-state index is 0.355. The van der Waals surface area contributed by atoms with Gasteiger partial charge in [0, 0.05) is 12.1 Å². The topological polar surface area (TPSA) is 40.6 Å². The molecule has 1 heterocycles. The van der Waals surface area contributed by atoms with Crippen LogP contribution in [0.3, 0.4) is 0 Å². The fourth-order valence-electron chi connectivity index (χ4n) is 2.46. The molecule has 0 N–H and O–H groups in total. The Morgan fingerprint density at radius 3 is 1.55 bits per heavy atom. The van der Waals surface area contributed by atoms with E-state index in [9.17, 15) is 35.9 Å². The summed E-state index contributed by atoms with van der Waals surface area (Å²) in [7, 11) is 0. The van der Waals surface area contributed by atoms with E-state index in [0.29, 0.717) is 9.80 Å². The molecule has 0 aliphatic carbocycles. The average molecular weight is 334 g/mol. The highest BCUT2D eigenvalue weighted by molar-refractivity contribution is 6.05. The Morgan fingerprint density at radius 1 is 0.864 bits per heavy atom. The zero-order valence-corrected chi connectivity index (χ0v) is 12.3. The minimum atomic E-state index is -5.70. The molecule has 4 nitrogen and oxygen atoms in total. The maximum Gasteiger partial charge on any atom is 0.403 e. The quantitative estimate of drug-likeness (QED) is 0.587. The van der Waals surface area contributed by atoms with Gasteiger partial charge in [-0.15, -0.1) is 0 Å². The number of alkyl halides is 6. The van der Waals surface area contributed by atoms with Crippen molar-refractivity contribution in [2.24, 2.45) is 5.92 Å². The van der Waals surface area contributed by atoms with Crippen LogP contribution in [0.15, 0.2) is 0 Å². The predicted molar refractivity (Wildman–Crippen MR) is 63.7 cm³/mol. The fraction of sp³-hybridized carbons (Fsp3) is 0.833. The predicted octanol–water partition coefficient (Wildman–Crippen LogP) is 3.18. The molecule has 22 heavy (non-hydrogen) atoms. The highest BCUT2D eigenvalue weighted by Gasteiger charge is 2.67. The summed E-state index contributed by atoms with van der Waals surface area (Å²) in [4.78, 5) is 24.9. The Kier molecular flexibility index (Phi) is 4.74. The van der Waals surface area contributed by atoms with Gasteiger partial charge < -0.3 is 4.90 Å². The van der Waals surface area contributed by atoms with Crippen LogP contribution in [0.4, 0.5) is 31.1 Å². The van der Waals surface area contributed by atoms with E-state index in [1.807, 2.05) is 0 Å². The second-order valence-electron chi connectivity index (χ2n) is 5.59. The third-order valence-corrected chi connectivity index (χ3v) is 3.31. The Hall–Kier alpha value is -1.48. The first-order valence-electron chi connectivity index (χ1n) is 6.50. The van der Waals surface area contributed by atoms with E-state index >= 15 is 0 Å². The lowest BCUT2D eigenvalue weighted by Crippen LogP contribution is -2.54. The normalized spacial score (nSPS) is 21.0. The fourth-order valence-corrected chi connectivity index (χ4v) is 2.46. The number of rotatable bonds is 3. The standard InChI is InChI=1S/C12H16F6N2O2/c1-5(2)19-7(8(11(13,14)15)12(16,17)18)9(21)20(6(3)4)10(19)22/h5-8H,1-4H3. The number of hydrogen-bond acceptors (Lipinski definition) is 2. The highest BCUT2D eigenvalue weighted by Crippen LogP contribution is 2.45. The molecule has 128 valence electrons. The van der Waals surface area contributed by atoms with Gasteiger partial charge in [-0.05, 0) is 27.7 Å². The largest absolute Gasteiger partial charge is 0.403 e. The SMILES string of the molecule is CC(C)N1C(=O)C(C(C(F)(F)F)C(F)(F)F)N(C(C)C)C1=O. The molecule has 1 saturated heterocycles. The molecule has 0 aromatic rings. The molecular weight excluding hydrogens is 318 g/mol. The van der Waals surface area contributed by atoms with E-state index in [1.165, 1.54) is 27.7 Å². The van der Waals surface area contributed by atoms with Gasteiger partial charge in [-0.2, -0.15) is 26.3 Å². The molecule has 1 unspecified atom stereocenters. The Balaban J connectivity index is 3.45. The van der Waals surface area contributed by atoms with Crippen LogP contribution in [0.5, 0.6) is 0 Å². The number of hydrogen-bond donors (Lipinski definition) is 0. The van der Waals surface area contributed by atoms with Gasteiger partial charge in [-0.1, -0.05) is 0 Å². The number of carbonyl (C=O) groups excluding carboxylic acids is 2. The lowest BCUT2D eigenvalue weighted by atomic mass is 9.96. The van der Waals surface area contributed by atoms with Crippen molar-refractivity contribution < 1.29 is 35.9 Å². The molecule has 0 bridgehead atoms. The summed E-state index contributed by atoms with van der Waals surface area (Å²) in [5, 5.41) is 0. The van der Waals surface area contributed by atoms with Crippen LogP contribution in [0.2, 0.25) is 0 Å². The molecule has 1 fully saturated rings. The molecule has 10 heteroatoms. The summed E-state index contributed by atoms with van der Waals surface area (Å²) in [5.74, 6) is -5.39. The highest BCUT2D eigenvalue weighted by atomic mass is 19.4. The molecule has 0 saturated carbocycles. The first-order chi connectivity index (χ1) is 9.71. The van der Waals surface area contributed by atoms with Gasteiger partial charge in [0.25, 0.3) is 5.91 Å². The van der Waals surface area contributed by atoms with Crippen LogP contribution in [0.1, 0.15) is 27.7 Å². The maximum atomic E-state index is 12.9. The first kappa shape index (κ1) is 18.6. The summed E-state index contributed by atoms with van der Waals surface area (Å²) in [5.41, 5.74) is 0. The number of amides is 3. The van der Waals surface area contributed by atoms with Crippen LogP contribution < -0.4 is 0 Å². The van der Waals surface area contributed by atoms with Gasteiger partial charge in [0.05, 0.1) is 0 Å². The second kappa shape index (κ2) is 5.62. The van der Waals surface area contributed by atoms with E-state index in [4.69, 9.17) is 0 Å². The summed E-state index contributed by atoms with van der Waals surface area (Å²) < 4.78 is 77.4. The third kappa shape index (κ3) is 3.14. The summed E-state index contributed by atoms with van der Waals surface area (Å²) >= 11 is 0. The molecule has 1 aliphatic rings. The molecule has 0 radical (unpaired) electrons. The average Bonchev–Trinajstić information content (AvgIpc) is 2.46. The van der Waals surface area contributed by atoms with E-state index in [-0.39, 0.29) is 0 Å². The smallest absolute Gasteiger partial charge is 0.309 e. The monoisotopic (exact) mass is 334 g/mol. The van der Waals surface area contributed by atoms with Gasteiger partial charge >= 0.3 is 18.4 Å². The first-order valence-corrected chi connectivity index (χ1v) is 6.50. The van der Waals surface area contributed by atoms with Gasteiger partial charge in [-0.25, -0.2) is 4.79 Å². The van der Waals surface area contributed by atoms with Crippen LogP contribution >= 0.6 is 0 Å².